The number of non-ortho nitro benzene ring substituents is 1. The molecule has 0 fully saturated rings. The number of halogens is 1. The van der Waals surface area contributed by atoms with Gasteiger partial charge in [0, 0.05) is 33.9 Å². The molecule has 134 valence electrons. The number of thiophene rings is 1. The van der Waals surface area contributed by atoms with Gasteiger partial charge in [-0.2, -0.15) is 0 Å². The molecule has 2 aromatic heterocycles. The summed E-state index contributed by atoms with van der Waals surface area (Å²) in [6.45, 7) is 2.17. The van der Waals surface area contributed by atoms with Gasteiger partial charge in [-0.05, 0) is 35.0 Å². The Morgan fingerprint density at radius 1 is 1.42 bits per heavy atom. The van der Waals surface area contributed by atoms with Crippen molar-refractivity contribution in [3.8, 4) is 5.69 Å². The van der Waals surface area contributed by atoms with Crippen LogP contribution in [0.15, 0.2) is 40.2 Å². The van der Waals surface area contributed by atoms with E-state index in [1.54, 1.807) is 42.3 Å². The molecule has 0 bridgehead atoms. The molecule has 0 radical (unpaired) electrons. The predicted octanol–water partition coefficient (Wildman–Crippen LogP) is 3.58. The quantitative estimate of drug-likeness (QED) is 0.450. The van der Waals surface area contributed by atoms with Crippen molar-refractivity contribution >= 4 is 38.9 Å². The number of rotatable bonds is 5. The number of carbonyl (C=O) groups excluding carboxylic acids is 1. The molecule has 0 aliphatic heterocycles. The number of aromatic nitrogens is 3. The van der Waals surface area contributed by atoms with Crippen molar-refractivity contribution in [3.05, 3.63) is 66.6 Å². The molecule has 0 atom stereocenters. The van der Waals surface area contributed by atoms with Crippen LogP contribution in [0.25, 0.3) is 5.69 Å². The van der Waals surface area contributed by atoms with Crippen molar-refractivity contribution in [1.82, 2.24) is 19.9 Å². The van der Waals surface area contributed by atoms with Gasteiger partial charge in [-0.25, -0.2) is 4.68 Å². The first kappa shape index (κ1) is 18.2. The van der Waals surface area contributed by atoms with Gasteiger partial charge in [0.1, 0.15) is 0 Å². The zero-order chi connectivity index (χ0) is 18.8. The van der Waals surface area contributed by atoms with Gasteiger partial charge in [-0.1, -0.05) is 11.3 Å². The van der Waals surface area contributed by atoms with Gasteiger partial charge in [0.05, 0.1) is 22.8 Å². The number of hydrogen-bond donors (Lipinski definition) is 0. The van der Waals surface area contributed by atoms with Crippen molar-refractivity contribution in [2.24, 2.45) is 0 Å². The van der Waals surface area contributed by atoms with Gasteiger partial charge in [0.2, 0.25) is 0 Å². The summed E-state index contributed by atoms with van der Waals surface area (Å²) < 4.78 is 2.40. The van der Waals surface area contributed by atoms with Gasteiger partial charge >= 0.3 is 0 Å². The molecule has 1 amide bonds. The Labute approximate surface area is 161 Å². The Morgan fingerprint density at radius 2 is 2.19 bits per heavy atom. The van der Waals surface area contributed by atoms with Gasteiger partial charge in [-0.15, -0.1) is 16.4 Å². The van der Waals surface area contributed by atoms with Crippen LogP contribution in [0.2, 0.25) is 0 Å². The third-order valence-corrected chi connectivity index (χ3v) is 5.43. The zero-order valence-electron chi connectivity index (χ0n) is 13.9. The third-order valence-electron chi connectivity index (χ3n) is 3.74. The van der Waals surface area contributed by atoms with Crippen LogP contribution < -0.4 is 0 Å². The molecule has 2 heterocycles. The maximum Gasteiger partial charge on any atom is 0.276 e. The average molecular weight is 436 g/mol. The molecule has 0 saturated carbocycles. The van der Waals surface area contributed by atoms with Crippen LogP contribution in [0.1, 0.15) is 21.1 Å². The monoisotopic (exact) mass is 435 g/mol. The van der Waals surface area contributed by atoms with Crippen molar-refractivity contribution in [2.75, 3.05) is 7.05 Å². The van der Waals surface area contributed by atoms with E-state index in [4.69, 9.17) is 0 Å². The first-order valence-corrected chi connectivity index (χ1v) is 9.19. The van der Waals surface area contributed by atoms with E-state index < -0.39 is 4.92 Å². The SMILES string of the molecule is Cc1c(C(=O)N(C)Cc2cc(Br)cs2)nnn1-c1cccc([N+](=O)[O-])c1. The Bertz CT molecular complexity index is 984. The Hall–Kier alpha value is -2.59. The van der Waals surface area contributed by atoms with Crippen molar-refractivity contribution in [1.29, 1.82) is 0 Å². The van der Waals surface area contributed by atoms with E-state index in [0.29, 0.717) is 17.9 Å². The molecule has 0 aliphatic rings. The lowest BCUT2D eigenvalue weighted by molar-refractivity contribution is -0.384. The number of benzene rings is 1. The molecule has 26 heavy (non-hydrogen) atoms. The summed E-state index contributed by atoms with van der Waals surface area (Å²) in [7, 11) is 1.70. The molecular formula is C16H14BrN5O3S. The average Bonchev–Trinajstić information content (AvgIpc) is 3.19. The Kier molecular flexibility index (Phi) is 5.14. The number of carbonyl (C=O) groups is 1. The second-order valence-electron chi connectivity index (χ2n) is 5.60. The fourth-order valence-corrected chi connectivity index (χ4v) is 3.94. The van der Waals surface area contributed by atoms with Crippen LogP contribution in [0, 0.1) is 17.0 Å². The maximum atomic E-state index is 12.7. The summed E-state index contributed by atoms with van der Waals surface area (Å²) in [5, 5.41) is 20.9. The first-order chi connectivity index (χ1) is 12.4. The summed E-state index contributed by atoms with van der Waals surface area (Å²) in [6, 6.07) is 7.99. The number of amides is 1. The molecule has 8 nitrogen and oxygen atoms in total. The Morgan fingerprint density at radius 3 is 2.85 bits per heavy atom. The van der Waals surface area contributed by atoms with Crippen molar-refractivity contribution in [2.45, 2.75) is 13.5 Å². The first-order valence-electron chi connectivity index (χ1n) is 7.52. The normalized spacial score (nSPS) is 10.7. The molecule has 1 aromatic carbocycles. The van der Waals surface area contributed by atoms with Gasteiger partial charge in [0.25, 0.3) is 11.6 Å². The summed E-state index contributed by atoms with van der Waals surface area (Å²) in [4.78, 5) is 25.8. The number of nitrogens with zero attached hydrogens (tertiary/aromatic N) is 5. The third kappa shape index (κ3) is 3.65. The molecule has 0 N–H and O–H groups in total. The summed E-state index contributed by atoms with van der Waals surface area (Å²) in [5.74, 6) is -0.260. The summed E-state index contributed by atoms with van der Waals surface area (Å²) in [5.41, 5.74) is 1.17. The van der Waals surface area contributed by atoms with E-state index in [-0.39, 0.29) is 17.3 Å². The highest BCUT2D eigenvalue weighted by atomic mass is 79.9. The van der Waals surface area contributed by atoms with Gasteiger partial charge < -0.3 is 4.90 Å². The fraction of sp³-hybridized carbons (Fsp3) is 0.188. The second-order valence-corrected chi connectivity index (χ2v) is 7.52. The summed E-state index contributed by atoms with van der Waals surface area (Å²) in [6.07, 6.45) is 0. The van der Waals surface area contributed by atoms with Crippen molar-refractivity contribution < 1.29 is 9.72 Å². The van der Waals surface area contributed by atoms with Crippen LogP contribution in [0.5, 0.6) is 0 Å². The number of nitro groups is 1. The van der Waals surface area contributed by atoms with Crippen LogP contribution in [0.3, 0.4) is 0 Å². The summed E-state index contributed by atoms with van der Waals surface area (Å²) >= 11 is 4.95. The largest absolute Gasteiger partial charge is 0.335 e. The minimum atomic E-state index is -0.477. The smallest absolute Gasteiger partial charge is 0.276 e. The molecule has 0 unspecified atom stereocenters. The van der Waals surface area contributed by atoms with Crippen LogP contribution in [0.4, 0.5) is 5.69 Å². The molecule has 10 heteroatoms. The van der Waals surface area contributed by atoms with Crippen molar-refractivity contribution in [3.63, 3.8) is 0 Å². The zero-order valence-corrected chi connectivity index (χ0v) is 16.3. The maximum absolute atomic E-state index is 12.7. The molecule has 0 spiro atoms. The number of hydrogen-bond acceptors (Lipinski definition) is 6. The molecule has 3 aromatic rings. The Balaban J connectivity index is 1.85. The highest BCUT2D eigenvalue weighted by Crippen LogP contribution is 2.22. The van der Waals surface area contributed by atoms with E-state index >= 15 is 0 Å². The highest BCUT2D eigenvalue weighted by molar-refractivity contribution is 9.10. The van der Waals surface area contributed by atoms with E-state index in [2.05, 4.69) is 26.2 Å². The lowest BCUT2D eigenvalue weighted by atomic mass is 10.2. The van der Waals surface area contributed by atoms with Gasteiger partial charge in [-0.3, -0.25) is 14.9 Å². The van der Waals surface area contributed by atoms with E-state index in [9.17, 15) is 14.9 Å². The fourth-order valence-electron chi connectivity index (χ4n) is 2.43. The molecule has 3 rings (SSSR count). The molecular weight excluding hydrogens is 422 g/mol. The topological polar surface area (TPSA) is 94.2 Å². The predicted molar refractivity (Wildman–Crippen MR) is 101 cm³/mol. The lowest BCUT2D eigenvalue weighted by Crippen LogP contribution is -2.26. The molecule has 0 aliphatic carbocycles. The van der Waals surface area contributed by atoms with E-state index in [1.165, 1.54) is 16.8 Å². The van der Waals surface area contributed by atoms with Gasteiger partial charge in [0.15, 0.2) is 5.69 Å². The second kappa shape index (κ2) is 7.34. The van der Waals surface area contributed by atoms with Crippen LogP contribution >= 0.6 is 27.3 Å². The molecule has 0 saturated heterocycles. The number of nitro benzene ring substituents is 1. The van der Waals surface area contributed by atoms with Crippen LogP contribution in [-0.2, 0) is 6.54 Å². The lowest BCUT2D eigenvalue weighted by Gasteiger charge is -2.15. The standard InChI is InChI=1S/C16H14BrN5O3S/c1-10-15(16(23)20(2)8-14-6-11(17)9-26-14)18-19-21(10)12-4-3-5-13(7-12)22(24)25/h3-7,9H,8H2,1-2H3. The minimum Gasteiger partial charge on any atom is -0.335 e. The van der Waals surface area contributed by atoms with Crippen LogP contribution in [-0.4, -0.2) is 37.8 Å². The van der Waals surface area contributed by atoms with E-state index in [1.807, 2.05) is 11.4 Å². The minimum absolute atomic E-state index is 0.0503. The van der Waals surface area contributed by atoms with E-state index in [0.717, 1.165) is 9.35 Å². The highest BCUT2D eigenvalue weighted by Gasteiger charge is 2.22.